The third-order valence-electron chi connectivity index (χ3n) is 4.30. The van der Waals surface area contributed by atoms with Crippen LogP contribution in [0, 0.1) is 5.92 Å². The molecule has 0 saturated heterocycles. The van der Waals surface area contributed by atoms with Crippen LogP contribution in [0.25, 0.3) is 0 Å². The molecule has 1 aliphatic rings. The van der Waals surface area contributed by atoms with Gasteiger partial charge in [-0.2, -0.15) is 13.2 Å². The summed E-state index contributed by atoms with van der Waals surface area (Å²) in [6.07, 6.45) is -2.14. The van der Waals surface area contributed by atoms with E-state index < -0.39 is 17.6 Å². The summed E-state index contributed by atoms with van der Waals surface area (Å²) in [7, 11) is 1.70. The number of halogens is 4. The molecule has 0 radical (unpaired) electrons. The number of alkyl halides is 3. The van der Waals surface area contributed by atoms with Gasteiger partial charge in [0.05, 0.1) is 5.56 Å². The molecule has 1 saturated carbocycles. The maximum atomic E-state index is 12.6. The second kappa shape index (κ2) is 6.79. The molecule has 1 aromatic carbocycles. The third kappa shape index (κ3) is 3.92. The Morgan fingerprint density at radius 2 is 1.85 bits per heavy atom. The highest BCUT2D eigenvalue weighted by Crippen LogP contribution is 2.47. The lowest BCUT2D eigenvalue weighted by atomic mass is 10.1. The minimum absolute atomic E-state index is 0.140. The Kier molecular flexibility index (Phi) is 4.83. The molecule has 0 spiro atoms. The summed E-state index contributed by atoms with van der Waals surface area (Å²) >= 11 is 3.26. The highest BCUT2D eigenvalue weighted by atomic mass is 79.9. The van der Waals surface area contributed by atoms with Crippen LogP contribution in [-0.4, -0.2) is 16.4 Å². The van der Waals surface area contributed by atoms with E-state index in [1.807, 2.05) is 0 Å². The van der Waals surface area contributed by atoms with E-state index in [0.29, 0.717) is 17.7 Å². The predicted octanol–water partition coefficient (Wildman–Crippen LogP) is 3.37. The van der Waals surface area contributed by atoms with Gasteiger partial charge in [-0.05, 0) is 52.0 Å². The van der Waals surface area contributed by atoms with Crippen molar-refractivity contribution in [3.05, 3.63) is 57.8 Å². The Labute approximate surface area is 155 Å². The highest BCUT2D eigenvalue weighted by Gasteiger charge is 2.44. The summed E-state index contributed by atoms with van der Waals surface area (Å²) in [5, 5.41) is 0. The van der Waals surface area contributed by atoms with Gasteiger partial charge in [0.2, 0.25) is 5.91 Å². The molecule has 0 aliphatic heterocycles. The molecule has 1 fully saturated rings. The first-order chi connectivity index (χ1) is 12.2. The zero-order chi connectivity index (χ0) is 19.1. The van der Waals surface area contributed by atoms with Gasteiger partial charge in [0, 0.05) is 23.6 Å². The predicted molar refractivity (Wildman–Crippen MR) is 91.0 cm³/mol. The van der Waals surface area contributed by atoms with Crippen molar-refractivity contribution >= 4 is 27.7 Å². The maximum Gasteiger partial charge on any atom is 0.416 e. The van der Waals surface area contributed by atoms with Gasteiger partial charge in [0.15, 0.2) is 0 Å². The fraction of sp³-hybridized carbons (Fsp3) is 0.294. The molecule has 2 amide bonds. The number of nitrogens with one attached hydrogen (secondary N) is 2. The number of nitrogens with zero attached hydrogens (tertiary/aromatic N) is 1. The molecule has 2 unspecified atom stereocenters. The molecular weight excluding hydrogens is 415 g/mol. The molecule has 2 aromatic rings. The van der Waals surface area contributed by atoms with Crippen molar-refractivity contribution in [2.24, 2.45) is 13.0 Å². The molecule has 3 rings (SSSR count). The van der Waals surface area contributed by atoms with Crippen molar-refractivity contribution in [3.63, 3.8) is 0 Å². The molecule has 1 heterocycles. The van der Waals surface area contributed by atoms with Crippen LogP contribution in [0.1, 0.15) is 34.0 Å². The fourth-order valence-electron chi connectivity index (χ4n) is 2.80. The standard InChI is InChI=1S/C17H15BrF3N3O2/c1-24-8-11(18)6-14(24)16(26)23-22-15(25)13-7-12(13)9-2-4-10(5-3-9)17(19,20)21/h2-6,8,12-13H,7H2,1H3,(H,22,25)(H,23,26). The molecule has 9 heteroatoms. The Hall–Kier alpha value is -2.29. The van der Waals surface area contributed by atoms with Crippen LogP contribution in [0.15, 0.2) is 41.0 Å². The quantitative estimate of drug-likeness (QED) is 0.734. The first kappa shape index (κ1) is 18.5. The summed E-state index contributed by atoms with van der Waals surface area (Å²) in [6, 6.07) is 6.42. The average molecular weight is 430 g/mol. The van der Waals surface area contributed by atoms with E-state index in [2.05, 4.69) is 26.8 Å². The lowest BCUT2D eigenvalue weighted by Gasteiger charge is -2.09. The van der Waals surface area contributed by atoms with Gasteiger partial charge in [-0.1, -0.05) is 12.1 Å². The fourth-order valence-corrected chi connectivity index (χ4v) is 3.32. The third-order valence-corrected chi connectivity index (χ3v) is 4.73. The van der Waals surface area contributed by atoms with E-state index in [1.54, 1.807) is 23.9 Å². The summed E-state index contributed by atoms with van der Waals surface area (Å²) in [6.45, 7) is 0. The Bertz CT molecular complexity index is 846. The average Bonchev–Trinajstić information content (AvgIpc) is 3.30. The molecular formula is C17H15BrF3N3O2. The summed E-state index contributed by atoms with van der Waals surface area (Å²) in [5.74, 6) is -1.33. The second-order valence-electron chi connectivity index (χ2n) is 6.17. The van der Waals surface area contributed by atoms with Crippen molar-refractivity contribution in [2.45, 2.75) is 18.5 Å². The van der Waals surface area contributed by atoms with Crippen molar-refractivity contribution in [2.75, 3.05) is 0 Å². The van der Waals surface area contributed by atoms with Gasteiger partial charge < -0.3 is 4.57 Å². The number of hydrogen-bond acceptors (Lipinski definition) is 2. The van der Waals surface area contributed by atoms with Crippen molar-refractivity contribution < 1.29 is 22.8 Å². The van der Waals surface area contributed by atoms with Gasteiger partial charge in [-0.25, -0.2) is 0 Å². The molecule has 0 bridgehead atoms. The maximum absolute atomic E-state index is 12.6. The number of aromatic nitrogens is 1. The first-order valence-corrected chi connectivity index (χ1v) is 8.55. The molecule has 5 nitrogen and oxygen atoms in total. The minimum Gasteiger partial charge on any atom is -0.345 e. The summed E-state index contributed by atoms with van der Waals surface area (Å²) < 4.78 is 40.1. The van der Waals surface area contributed by atoms with Gasteiger partial charge in [0.25, 0.3) is 5.91 Å². The number of aryl methyl sites for hydroxylation is 1. The molecule has 26 heavy (non-hydrogen) atoms. The van der Waals surface area contributed by atoms with Gasteiger partial charge in [-0.3, -0.25) is 20.4 Å². The summed E-state index contributed by atoms with van der Waals surface area (Å²) in [4.78, 5) is 24.2. The number of hydrogen-bond donors (Lipinski definition) is 2. The lowest BCUT2D eigenvalue weighted by Crippen LogP contribution is -2.43. The number of benzene rings is 1. The van der Waals surface area contributed by atoms with Gasteiger partial charge in [0.1, 0.15) is 5.69 Å². The normalized spacial score (nSPS) is 19.1. The van der Waals surface area contributed by atoms with Crippen LogP contribution in [0.3, 0.4) is 0 Å². The van der Waals surface area contributed by atoms with E-state index >= 15 is 0 Å². The van der Waals surface area contributed by atoms with Crippen LogP contribution in [0.5, 0.6) is 0 Å². The van der Waals surface area contributed by atoms with E-state index in [-0.39, 0.29) is 17.7 Å². The number of carbonyl (C=O) groups is 2. The van der Waals surface area contributed by atoms with Crippen LogP contribution in [0.2, 0.25) is 0 Å². The lowest BCUT2D eigenvalue weighted by molar-refractivity contribution is -0.137. The van der Waals surface area contributed by atoms with Crippen molar-refractivity contribution in [3.8, 4) is 0 Å². The molecule has 2 atom stereocenters. The Morgan fingerprint density at radius 1 is 1.19 bits per heavy atom. The van der Waals surface area contributed by atoms with Crippen molar-refractivity contribution in [1.29, 1.82) is 0 Å². The Morgan fingerprint density at radius 3 is 2.38 bits per heavy atom. The number of carbonyl (C=O) groups excluding carboxylic acids is 2. The van der Waals surface area contributed by atoms with E-state index in [1.165, 1.54) is 12.1 Å². The zero-order valence-corrected chi connectivity index (χ0v) is 15.2. The minimum atomic E-state index is -4.38. The number of hydrazine groups is 1. The van der Waals surface area contributed by atoms with Crippen LogP contribution in [-0.2, 0) is 18.0 Å². The van der Waals surface area contributed by atoms with Gasteiger partial charge in [-0.15, -0.1) is 0 Å². The molecule has 1 aliphatic carbocycles. The SMILES string of the molecule is Cn1cc(Br)cc1C(=O)NNC(=O)C1CC1c1ccc(C(F)(F)F)cc1. The molecule has 1 aromatic heterocycles. The van der Waals surface area contributed by atoms with Gasteiger partial charge >= 0.3 is 6.18 Å². The second-order valence-corrected chi connectivity index (χ2v) is 7.08. The topological polar surface area (TPSA) is 63.1 Å². The summed E-state index contributed by atoms with van der Waals surface area (Å²) in [5.41, 5.74) is 5.04. The van der Waals surface area contributed by atoms with Crippen LogP contribution >= 0.6 is 15.9 Å². The number of amides is 2. The zero-order valence-electron chi connectivity index (χ0n) is 13.6. The highest BCUT2D eigenvalue weighted by molar-refractivity contribution is 9.10. The molecule has 138 valence electrons. The van der Waals surface area contributed by atoms with Crippen molar-refractivity contribution in [1.82, 2.24) is 15.4 Å². The van der Waals surface area contributed by atoms with E-state index in [0.717, 1.165) is 16.6 Å². The van der Waals surface area contributed by atoms with E-state index in [4.69, 9.17) is 0 Å². The van der Waals surface area contributed by atoms with Crippen LogP contribution in [0.4, 0.5) is 13.2 Å². The Balaban J connectivity index is 1.54. The smallest absolute Gasteiger partial charge is 0.345 e. The largest absolute Gasteiger partial charge is 0.416 e. The van der Waals surface area contributed by atoms with E-state index in [9.17, 15) is 22.8 Å². The van der Waals surface area contributed by atoms with Crippen LogP contribution < -0.4 is 10.9 Å². The number of rotatable bonds is 3. The molecule has 2 N–H and O–H groups in total. The first-order valence-electron chi connectivity index (χ1n) is 7.76. The monoisotopic (exact) mass is 429 g/mol.